The van der Waals surface area contributed by atoms with Crippen LogP contribution in [-0.4, -0.2) is 40.5 Å². The molecule has 0 spiro atoms. The molecule has 1 saturated heterocycles. The standard InChI is InChI=1S/C17H27NO3/c1-18-15(10-13-6-8-21-9-7-13)11-14-4-5-16(19-2)17(12-14)20-3/h4-5,12-13,15,18H,6-11H2,1-3H3. The summed E-state index contributed by atoms with van der Waals surface area (Å²) in [5, 5.41) is 3.45. The molecule has 0 bridgehead atoms. The number of methoxy groups -OCH3 is 2. The SMILES string of the molecule is CNC(Cc1ccc(OC)c(OC)c1)CC1CCOCC1. The Balaban J connectivity index is 1.97. The molecule has 0 saturated carbocycles. The molecule has 21 heavy (non-hydrogen) atoms. The fourth-order valence-electron chi connectivity index (χ4n) is 2.98. The van der Waals surface area contributed by atoms with Crippen LogP contribution >= 0.6 is 0 Å². The minimum absolute atomic E-state index is 0.492. The molecule has 4 nitrogen and oxygen atoms in total. The molecule has 0 amide bonds. The number of likely N-dealkylation sites (N-methyl/N-ethyl adjacent to an activating group) is 1. The molecule has 4 heteroatoms. The molecule has 1 fully saturated rings. The predicted molar refractivity (Wildman–Crippen MR) is 84.3 cm³/mol. The molecule has 1 aliphatic rings. The maximum atomic E-state index is 5.44. The van der Waals surface area contributed by atoms with Crippen molar-refractivity contribution >= 4 is 0 Å². The van der Waals surface area contributed by atoms with Gasteiger partial charge in [-0.05, 0) is 56.3 Å². The first kappa shape index (κ1) is 16.1. The van der Waals surface area contributed by atoms with E-state index in [9.17, 15) is 0 Å². The molecule has 1 N–H and O–H groups in total. The fraction of sp³-hybridized carbons (Fsp3) is 0.647. The van der Waals surface area contributed by atoms with Gasteiger partial charge in [-0.2, -0.15) is 0 Å². The Morgan fingerprint density at radius 2 is 1.90 bits per heavy atom. The maximum absolute atomic E-state index is 5.44. The van der Waals surface area contributed by atoms with Crippen molar-refractivity contribution in [2.24, 2.45) is 5.92 Å². The summed E-state index contributed by atoms with van der Waals surface area (Å²) < 4.78 is 16.1. The van der Waals surface area contributed by atoms with Crippen molar-refractivity contribution in [1.29, 1.82) is 0 Å². The first-order valence-electron chi connectivity index (χ1n) is 7.72. The first-order chi connectivity index (χ1) is 10.3. The second kappa shape index (κ2) is 8.25. The highest BCUT2D eigenvalue weighted by Gasteiger charge is 2.19. The lowest BCUT2D eigenvalue weighted by Gasteiger charge is -2.26. The Bertz CT molecular complexity index is 430. The molecule has 0 radical (unpaired) electrons. The summed E-state index contributed by atoms with van der Waals surface area (Å²) in [4.78, 5) is 0. The van der Waals surface area contributed by atoms with E-state index in [2.05, 4.69) is 17.4 Å². The van der Waals surface area contributed by atoms with Gasteiger partial charge < -0.3 is 19.5 Å². The summed E-state index contributed by atoms with van der Waals surface area (Å²) in [6.45, 7) is 1.83. The van der Waals surface area contributed by atoms with E-state index in [1.54, 1.807) is 14.2 Å². The van der Waals surface area contributed by atoms with Gasteiger partial charge in [-0.25, -0.2) is 0 Å². The van der Waals surface area contributed by atoms with E-state index in [1.165, 1.54) is 24.8 Å². The third-order valence-electron chi connectivity index (χ3n) is 4.30. The maximum Gasteiger partial charge on any atom is 0.160 e. The average Bonchev–Trinajstić information content (AvgIpc) is 2.55. The second-order valence-electron chi connectivity index (χ2n) is 5.67. The summed E-state index contributed by atoms with van der Waals surface area (Å²) in [6, 6.07) is 6.67. The van der Waals surface area contributed by atoms with E-state index in [1.807, 2.05) is 13.1 Å². The van der Waals surface area contributed by atoms with Crippen molar-refractivity contribution < 1.29 is 14.2 Å². The number of hydrogen-bond donors (Lipinski definition) is 1. The third kappa shape index (κ3) is 4.61. The lowest BCUT2D eigenvalue weighted by molar-refractivity contribution is 0.0608. The molecule has 118 valence electrons. The van der Waals surface area contributed by atoms with Gasteiger partial charge in [-0.3, -0.25) is 0 Å². The molecular formula is C17H27NO3. The zero-order chi connectivity index (χ0) is 15.1. The molecular weight excluding hydrogens is 266 g/mol. The highest BCUT2D eigenvalue weighted by atomic mass is 16.5. The Labute approximate surface area is 127 Å². The summed E-state index contributed by atoms with van der Waals surface area (Å²) in [5.74, 6) is 2.36. The normalized spacial score (nSPS) is 17.5. The average molecular weight is 293 g/mol. The zero-order valence-corrected chi connectivity index (χ0v) is 13.4. The highest BCUT2D eigenvalue weighted by Crippen LogP contribution is 2.29. The van der Waals surface area contributed by atoms with Crippen molar-refractivity contribution in [3.63, 3.8) is 0 Å². The van der Waals surface area contributed by atoms with Gasteiger partial charge in [-0.1, -0.05) is 6.07 Å². The van der Waals surface area contributed by atoms with Crippen molar-refractivity contribution in [2.75, 3.05) is 34.5 Å². The minimum atomic E-state index is 0.492. The van der Waals surface area contributed by atoms with Gasteiger partial charge in [0.15, 0.2) is 11.5 Å². The van der Waals surface area contributed by atoms with Gasteiger partial charge in [0.25, 0.3) is 0 Å². The fourth-order valence-corrected chi connectivity index (χ4v) is 2.98. The molecule has 1 aliphatic heterocycles. The van der Waals surface area contributed by atoms with Crippen molar-refractivity contribution in [3.05, 3.63) is 23.8 Å². The number of rotatable bonds is 7. The second-order valence-corrected chi connectivity index (χ2v) is 5.67. The lowest BCUT2D eigenvalue weighted by atomic mass is 9.90. The molecule has 1 aromatic carbocycles. The molecule has 1 atom stereocenters. The Hall–Kier alpha value is -1.26. The van der Waals surface area contributed by atoms with Crippen LogP contribution in [0.4, 0.5) is 0 Å². The number of nitrogens with one attached hydrogen (secondary N) is 1. The number of benzene rings is 1. The largest absolute Gasteiger partial charge is 0.493 e. The third-order valence-corrected chi connectivity index (χ3v) is 4.30. The van der Waals surface area contributed by atoms with Gasteiger partial charge in [0.05, 0.1) is 14.2 Å². The summed E-state index contributed by atoms with van der Waals surface area (Å²) in [6.07, 6.45) is 4.58. The minimum Gasteiger partial charge on any atom is -0.493 e. The molecule has 1 aromatic rings. The van der Waals surface area contributed by atoms with Crippen molar-refractivity contribution in [1.82, 2.24) is 5.32 Å². The highest BCUT2D eigenvalue weighted by molar-refractivity contribution is 5.43. The van der Waals surface area contributed by atoms with Crippen LogP contribution in [0, 0.1) is 5.92 Å². The first-order valence-corrected chi connectivity index (χ1v) is 7.72. The Morgan fingerprint density at radius 3 is 2.52 bits per heavy atom. The van der Waals surface area contributed by atoms with E-state index in [0.717, 1.165) is 37.1 Å². The van der Waals surface area contributed by atoms with E-state index in [4.69, 9.17) is 14.2 Å². The molecule has 2 rings (SSSR count). The molecule has 0 aliphatic carbocycles. The summed E-state index contributed by atoms with van der Waals surface area (Å²) in [5.41, 5.74) is 1.28. The summed E-state index contributed by atoms with van der Waals surface area (Å²) >= 11 is 0. The van der Waals surface area contributed by atoms with Gasteiger partial charge >= 0.3 is 0 Å². The lowest BCUT2D eigenvalue weighted by Crippen LogP contribution is -2.32. The van der Waals surface area contributed by atoms with Gasteiger partial charge in [-0.15, -0.1) is 0 Å². The van der Waals surface area contributed by atoms with E-state index >= 15 is 0 Å². The van der Waals surface area contributed by atoms with Crippen LogP contribution in [-0.2, 0) is 11.2 Å². The van der Waals surface area contributed by atoms with Crippen molar-refractivity contribution in [2.45, 2.75) is 31.7 Å². The number of hydrogen-bond acceptors (Lipinski definition) is 4. The van der Waals surface area contributed by atoms with Crippen molar-refractivity contribution in [3.8, 4) is 11.5 Å². The molecule has 1 heterocycles. The van der Waals surface area contributed by atoms with E-state index in [0.29, 0.717) is 6.04 Å². The number of ether oxygens (including phenoxy) is 3. The molecule has 0 aromatic heterocycles. The van der Waals surface area contributed by atoms with Crippen LogP contribution in [0.5, 0.6) is 11.5 Å². The predicted octanol–water partition coefficient (Wildman–Crippen LogP) is 2.65. The Kier molecular flexibility index (Phi) is 6.33. The van der Waals surface area contributed by atoms with Crippen LogP contribution in [0.25, 0.3) is 0 Å². The summed E-state index contributed by atoms with van der Waals surface area (Å²) in [7, 11) is 5.39. The Morgan fingerprint density at radius 1 is 1.19 bits per heavy atom. The van der Waals surface area contributed by atoms with Crippen LogP contribution in [0.2, 0.25) is 0 Å². The van der Waals surface area contributed by atoms with E-state index in [-0.39, 0.29) is 0 Å². The van der Waals surface area contributed by atoms with Crippen LogP contribution in [0.3, 0.4) is 0 Å². The molecule has 1 unspecified atom stereocenters. The van der Waals surface area contributed by atoms with Crippen LogP contribution < -0.4 is 14.8 Å². The van der Waals surface area contributed by atoms with Crippen LogP contribution in [0.15, 0.2) is 18.2 Å². The van der Waals surface area contributed by atoms with Gasteiger partial charge in [0.2, 0.25) is 0 Å². The zero-order valence-electron chi connectivity index (χ0n) is 13.4. The smallest absolute Gasteiger partial charge is 0.160 e. The quantitative estimate of drug-likeness (QED) is 0.839. The van der Waals surface area contributed by atoms with Crippen LogP contribution in [0.1, 0.15) is 24.8 Å². The van der Waals surface area contributed by atoms with Gasteiger partial charge in [0, 0.05) is 19.3 Å². The monoisotopic (exact) mass is 293 g/mol. The van der Waals surface area contributed by atoms with E-state index < -0.39 is 0 Å². The van der Waals surface area contributed by atoms with Gasteiger partial charge in [0.1, 0.15) is 0 Å². The topological polar surface area (TPSA) is 39.7 Å².